The van der Waals surface area contributed by atoms with Crippen molar-refractivity contribution in [2.24, 2.45) is 5.73 Å². The van der Waals surface area contributed by atoms with Crippen LogP contribution in [0.4, 0.5) is 9.18 Å². The third-order valence-corrected chi connectivity index (χ3v) is 4.88. The van der Waals surface area contributed by atoms with E-state index in [4.69, 9.17) is 5.73 Å². The van der Waals surface area contributed by atoms with Gasteiger partial charge < -0.3 is 16.0 Å². The minimum absolute atomic E-state index is 0.0651. The van der Waals surface area contributed by atoms with Gasteiger partial charge in [0.2, 0.25) is 0 Å². The van der Waals surface area contributed by atoms with Crippen LogP contribution in [-0.4, -0.2) is 29.6 Å². The molecule has 3 N–H and O–H groups in total. The third-order valence-electron chi connectivity index (χ3n) is 4.88. The normalized spacial score (nSPS) is 25.1. The van der Waals surface area contributed by atoms with E-state index in [1.54, 1.807) is 12.1 Å². The van der Waals surface area contributed by atoms with Crippen LogP contribution >= 0.6 is 0 Å². The molecule has 124 valence electrons. The number of nitrogens with zero attached hydrogens (tertiary/aromatic N) is 1. The zero-order valence-corrected chi connectivity index (χ0v) is 13.3. The highest BCUT2D eigenvalue weighted by Gasteiger charge is 2.38. The fourth-order valence-electron chi connectivity index (χ4n) is 3.41. The minimum Gasteiger partial charge on any atom is -0.334 e. The molecule has 1 heterocycles. The molecule has 5 heteroatoms. The van der Waals surface area contributed by atoms with Gasteiger partial charge in [0.05, 0.1) is 6.04 Å². The van der Waals surface area contributed by atoms with Gasteiger partial charge >= 0.3 is 6.03 Å². The lowest BCUT2D eigenvalue weighted by atomic mass is 9.88. The lowest BCUT2D eigenvalue weighted by molar-refractivity contribution is 0.179. The van der Waals surface area contributed by atoms with Crippen LogP contribution in [0.15, 0.2) is 48.5 Å². The van der Waals surface area contributed by atoms with E-state index in [0.29, 0.717) is 6.54 Å². The number of hydrogen-bond acceptors (Lipinski definition) is 2. The van der Waals surface area contributed by atoms with Gasteiger partial charge in [0.1, 0.15) is 5.82 Å². The number of nitrogens with two attached hydrogens (primary N) is 1. The predicted octanol–water partition coefficient (Wildman–Crippen LogP) is 2.58. The summed E-state index contributed by atoms with van der Waals surface area (Å²) in [4.78, 5) is 14.6. The van der Waals surface area contributed by atoms with Crippen molar-refractivity contribution in [3.63, 3.8) is 0 Å². The van der Waals surface area contributed by atoms with E-state index in [-0.39, 0.29) is 30.0 Å². The lowest BCUT2D eigenvalue weighted by Crippen LogP contribution is -2.47. The number of fused-ring (bicyclic) bond motifs is 1. The van der Waals surface area contributed by atoms with Crippen molar-refractivity contribution in [2.45, 2.75) is 31.0 Å². The number of amides is 2. The maximum absolute atomic E-state index is 13.3. The van der Waals surface area contributed by atoms with Crippen LogP contribution in [0.25, 0.3) is 0 Å². The standard InChI is InChI=1S/C19H20FN3O/c20-14-7-5-13(6-8-14)18-15-4-2-1-3-12(15)9-10-23(18)19(24)22-17-11-16(17)21/h1-8,16-18H,9-11,21H2,(H,22,24)/t16-,17+,18+/m1/s1. The van der Waals surface area contributed by atoms with Crippen molar-refractivity contribution in [3.05, 3.63) is 71.0 Å². The molecule has 0 aromatic heterocycles. The largest absolute Gasteiger partial charge is 0.334 e. The van der Waals surface area contributed by atoms with Crippen molar-refractivity contribution in [1.29, 1.82) is 0 Å². The molecule has 0 unspecified atom stereocenters. The molecule has 1 saturated carbocycles. The first kappa shape index (κ1) is 15.1. The molecule has 0 bridgehead atoms. The summed E-state index contributed by atoms with van der Waals surface area (Å²) >= 11 is 0. The van der Waals surface area contributed by atoms with Gasteiger partial charge in [-0.05, 0) is 41.7 Å². The number of urea groups is 1. The lowest BCUT2D eigenvalue weighted by Gasteiger charge is -2.37. The van der Waals surface area contributed by atoms with Crippen LogP contribution < -0.4 is 11.1 Å². The van der Waals surface area contributed by atoms with E-state index in [1.807, 2.05) is 23.1 Å². The first-order valence-corrected chi connectivity index (χ1v) is 8.29. The number of halogens is 1. The highest BCUT2D eigenvalue weighted by atomic mass is 19.1. The topological polar surface area (TPSA) is 58.4 Å². The Morgan fingerprint density at radius 2 is 1.88 bits per heavy atom. The summed E-state index contributed by atoms with van der Waals surface area (Å²) in [5, 5.41) is 3.00. The van der Waals surface area contributed by atoms with Crippen LogP contribution in [0, 0.1) is 5.82 Å². The van der Waals surface area contributed by atoms with Gasteiger partial charge in [-0.15, -0.1) is 0 Å². The van der Waals surface area contributed by atoms with Gasteiger partial charge in [-0.1, -0.05) is 36.4 Å². The molecule has 3 atom stereocenters. The first-order chi connectivity index (χ1) is 11.6. The van der Waals surface area contributed by atoms with E-state index in [1.165, 1.54) is 17.7 Å². The van der Waals surface area contributed by atoms with Crippen LogP contribution in [0.1, 0.15) is 29.2 Å². The SMILES string of the molecule is N[C@@H]1C[C@@H]1NC(=O)N1CCc2ccccc2[C@@H]1c1ccc(F)cc1. The summed E-state index contributed by atoms with van der Waals surface area (Å²) in [5.74, 6) is -0.275. The van der Waals surface area contributed by atoms with E-state index >= 15 is 0 Å². The van der Waals surface area contributed by atoms with Crippen molar-refractivity contribution >= 4 is 6.03 Å². The Hall–Kier alpha value is -2.40. The maximum Gasteiger partial charge on any atom is 0.318 e. The van der Waals surface area contributed by atoms with Gasteiger partial charge in [0, 0.05) is 18.6 Å². The van der Waals surface area contributed by atoms with Gasteiger partial charge in [-0.2, -0.15) is 0 Å². The minimum atomic E-state index is -0.275. The molecule has 0 saturated heterocycles. The summed E-state index contributed by atoms with van der Waals surface area (Å²) in [7, 11) is 0. The molecule has 2 aromatic carbocycles. The van der Waals surface area contributed by atoms with Crippen LogP contribution in [0.5, 0.6) is 0 Å². The average molecular weight is 325 g/mol. The Balaban J connectivity index is 1.69. The smallest absolute Gasteiger partial charge is 0.318 e. The number of hydrogen-bond donors (Lipinski definition) is 2. The predicted molar refractivity (Wildman–Crippen MR) is 90.0 cm³/mol. The zero-order chi connectivity index (χ0) is 16.7. The summed E-state index contributed by atoms with van der Waals surface area (Å²) in [6.07, 6.45) is 1.65. The van der Waals surface area contributed by atoms with E-state index in [2.05, 4.69) is 11.4 Å². The van der Waals surface area contributed by atoms with Gasteiger partial charge in [-0.3, -0.25) is 0 Å². The Morgan fingerprint density at radius 3 is 2.58 bits per heavy atom. The fourth-order valence-corrected chi connectivity index (χ4v) is 3.41. The van der Waals surface area contributed by atoms with Gasteiger partial charge in [-0.25, -0.2) is 9.18 Å². The second-order valence-electron chi connectivity index (χ2n) is 6.55. The molecular weight excluding hydrogens is 305 g/mol. The number of rotatable bonds is 2. The molecular formula is C19H20FN3O. The number of nitrogens with one attached hydrogen (secondary N) is 1. The third kappa shape index (κ3) is 2.76. The molecule has 4 nitrogen and oxygen atoms in total. The van der Waals surface area contributed by atoms with Crippen LogP contribution in [0.2, 0.25) is 0 Å². The van der Waals surface area contributed by atoms with Crippen LogP contribution in [0.3, 0.4) is 0 Å². The van der Waals surface area contributed by atoms with Gasteiger partial charge in [0.25, 0.3) is 0 Å². The monoisotopic (exact) mass is 325 g/mol. The van der Waals surface area contributed by atoms with Crippen molar-refractivity contribution in [3.8, 4) is 0 Å². The van der Waals surface area contributed by atoms with E-state index in [9.17, 15) is 9.18 Å². The Bertz CT molecular complexity index is 761. The fraction of sp³-hybridized carbons (Fsp3) is 0.316. The number of benzene rings is 2. The molecule has 1 aliphatic carbocycles. The molecule has 2 amide bonds. The molecule has 2 aromatic rings. The number of carbonyl (C=O) groups excluding carboxylic acids is 1. The second kappa shape index (κ2) is 5.91. The summed E-state index contributed by atoms with van der Waals surface area (Å²) < 4.78 is 13.3. The summed E-state index contributed by atoms with van der Waals surface area (Å²) in [5.41, 5.74) is 9.06. The highest BCUT2D eigenvalue weighted by molar-refractivity contribution is 5.77. The molecule has 1 aliphatic heterocycles. The summed E-state index contributed by atoms with van der Waals surface area (Å²) in [6, 6.07) is 14.4. The second-order valence-corrected chi connectivity index (χ2v) is 6.55. The Labute approximate surface area is 140 Å². The molecule has 4 rings (SSSR count). The summed E-state index contributed by atoms with van der Waals surface area (Å²) in [6.45, 7) is 0.632. The molecule has 24 heavy (non-hydrogen) atoms. The zero-order valence-electron chi connectivity index (χ0n) is 13.3. The molecule has 1 fully saturated rings. The first-order valence-electron chi connectivity index (χ1n) is 8.29. The molecule has 0 spiro atoms. The quantitative estimate of drug-likeness (QED) is 0.891. The molecule has 2 aliphatic rings. The maximum atomic E-state index is 13.3. The van der Waals surface area contributed by atoms with Gasteiger partial charge in [0.15, 0.2) is 0 Å². The van der Waals surface area contributed by atoms with Crippen LogP contribution in [-0.2, 0) is 6.42 Å². The number of carbonyl (C=O) groups is 1. The van der Waals surface area contributed by atoms with Crippen molar-refractivity contribution in [1.82, 2.24) is 10.2 Å². The average Bonchev–Trinajstić information content (AvgIpc) is 3.29. The van der Waals surface area contributed by atoms with Crippen molar-refractivity contribution < 1.29 is 9.18 Å². The molecule has 0 radical (unpaired) electrons. The highest BCUT2D eigenvalue weighted by Crippen LogP contribution is 2.35. The van der Waals surface area contributed by atoms with E-state index < -0.39 is 0 Å². The van der Waals surface area contributed by atoms with E-state index in [0.717, 1.165) is 24.0 Å². The Kier molecular flexibility index (Phi) is 3.73. The van der Waals surface area contributed by atoms with Crippen molar-refractivity contribution in [2.75, 3.05) is 6.54 Å². The Morgan fingerprint density at radius 1 is 1.17 bits per heavy atom.